The van der Waals surface area contributed by atoms with Gasteiger partial charge in [0.05, 0.1) is 0 Å². The molecule has 3 rings (SSSR count). The quantitative estimate of drug-likeness (QED) is 0.675. The van der Waals surface area contributed by atoms with Crippen LogP contribution in [-0.4, -0.2) is 28.9 Å². The molecule has 0 atom stereocenters. The average Bonchev–Trinajstić information content (AvgIpc) is 2.97. The van der Waals surface area contributed by atoms with Gasteiger partial charge in [-0.2, -0.15) is 0 Å². The molecule has 1 N–H and O–H groups in total. The van der Waals surface area contributed by atoms with Crippen LogP contribution in [0.3, 0.4) is 0 Å². The second-order valence-electron chi connectivity index (χ2n) is 5.26. The Labute approximate surface area is 157 Å². The Morgan fingerprint density at radius 1 is 1.23 bits per heavy atom. The van der Waals surface area contributed by atoms with Crippen molar-refractivity contribution in [3.63, 3.8) is 0 Å². The molecule has 0 radical (unpaired) electrons. The van der Waals surface area contributed by atoms with Gasteiger partial charge in [0.25, 0.3) is 15.9 Å². The molecule has 7 nitrogen and oxygen atoms in total. The van der Waals surface area contributed by atoms with E-state index in [4.69, 9.17) is 0 Å². The minimum Gasteiger partial charge on any atom is -0.332 e. The second-order valence-corrected chi connectivity index (χ2v) is 7.76. The number of amides is 1. The molecule has 0 aliphatic heterocycles. The highest BCUT2D eigenvalue weighted by atomic mass is 79.9. The van der Waals surface area contributed by atoms with E-state index >= 15 is 0 Å². The molecule has 0 aliphatic carbocycles. The lowest BCUT2D eigenvalue weighted by molar-refractivity contribution is 0.0977. The normalized spacial score (nSPS) is 11.3. The number of hydrogen-bond donors (Lipinski definition) is 1. The summed E-state index contributed by atoms with van der Waals surface area (Å²) in [5.41, 5.74) is -0.217. The highest BCUT2D eigenvalue weighted by molar-refractivity contribution is 9.10. The zero-order chi connectivity index (χ0) is 18.9. The SMILES string of the molecule is Cn1cc(C(=O)NS(=O)(=O)c2ccccc2Br)nc1-c1ncccc1F. The van der Waals surface area contributed by atoms with Crippen LogP contribution in [-0.2, 0) is 17.1 Å². The first-order valence-corrected chi connectivity index (χ1v) is 9.53. The van der Waals surface area contributed by atoms with Crippen LogP contribution in [0.2, 0.25) is 0 Å². The molecule has 134 valence electrons. The number of halogens is 2. The fourth-order valence-corrected chi connectivity index (χ4v) is 4.20. The largest absolute Gasteiger partial charge is 0.332 e. The molecular formula is C16H12BrFN4O3S. The summed E-state index contributed by atoms with van der Waals surface area (Å²) in [4.78, 5) is 20.2. The van der Waals surface area contributed by atoms with Gasteiger partial charge in [0, 0.05) is 23.9 Å². The Balaban J connectivity index is 1.91. The van der Waals surface area contributed by atoms with Gasteiger partial charge >= 0.3 is 0 Å². The number of benzene rings is 1. The molecular weight excluding hydrogens is 427 g/mol. The predicted molar refractivity (Wildman–Crippen MR) is 95.2 cm³/mol. The van der Waals surface area contributed by atoms with Crippen LogP contribution in [0.25, 0.3) is 11.5 Å². The van der Waals surface area contributed by atoms with Gasteiger partial charge in [0.15, 0.2) is 11.6 Å². The number of aryl methyl sites for hydroxylation is 1. The molecule has 2 heterocycles. The summed E-state index contributed by atoms with van der Waals surface area (Å²) in [5, 5.41) is 0. The number of rotatable bonds is 4. The summed E-state index contributed by atoms with van der Waals surface area (Å²) in [5.74, 6) is -1.43. The number of carbonyl (C=O) groups is 1. The number of aromatic nitrogens is 3. The van der Waals surface area contributed by atoms with E-state index in [1.54, 1.807) is 19.2 Å². The monoisotopic (exact) mass is 438 g/mol. The lowest BCUT2D eigenvalue weighted by atomic mass is 10.3. The van der Waals surface area contributed by atoms with Gasteiger partial charge < -0.3 is 4.57 Å². The summed E-state index contributed by atoms with van der Waals surface area (Å²) in [6.45, 7) is 0. The Hall–Kier alpha value is -2.59. The van der Waals surface area contributed by atoms with Crippen molar-refractivity contribution in [3.05, 3.63) is 64.8 Å². The lowest BCUT2D eigenvalue weighted by Gasteiger charge is -2.07. The average molecular weight is 439 g/mol. The van der Waals surface area contributed by atoms with Crippen LogP contribution >= 0.6 is 15.9 Å². The molecule has 0 saturated carbocycles. The standard InChI is InChI=1S/C16H12BrFN4O3S/c1-22-9-12(20-15(22)14-11(18)6-4-8-19-14)16(23)21-26(24,25)13-7-3-2-5-10(13)17/h2-9H,1H3,(H,21,23). The van der Waals surface area contributed by atoms with Crippen molar-refractivity contribution in [2.45, 2.75) is 4.90 Å². The number of imidazole rings is 1. The molecule has 0 fully saturated rings. The molecule has 1 aromatic carbocycles. The Morgan fingerprint density at radius 2 is 1.96 bits per heavy atom. The zero-order valence-corrected chi connectivity index (χ0v) is 15.8. The lowest BCUT2D eigenvalue weighted by Crippen LogP contribution is -2.31. The third-order valence-corrected chi connectivity index (χ3v) is 5.78. The van der Waals surface area contributed by atoms with E-state index in [1.807, 2.05) is 4.72 Å². The first kappa shape index (κ1) is 18.2. The number of sulfonamides is 1. The van der Waals surface area contributed by atoms with E-state index in [2.05, 4.69) is 25.9 Å². The topological polar surface area (TPSA) is 94.0 Å². The van der Waals surface area contributed by atoms with Crippen LogP contribution in [0.5, 0.6) is 0 Å². The molecule has 2 aromatic heterocycles. The van der Waals surface area contributed by atoms with Crippen molar-refractivity contribution in [1.29, 1.82) is 0 Å². The number of hydrogen-bond acceptors (Lipinski definition) is 5. The van der Waals surface area contributed by atoms with Crippen molar-refractivity contribution in [2.75, 3.05) is 0 Å². The van der Waals surface area contributed by atoms with E-state index in [0.717, 1.165) is 0 Å². The smallest absolute Gasteiger partial charge is 0.285 e. The molecule has 0 saturated heterocycles. The summed E-state index contributed by atoms with van der Waals surface area (Å²) < 4.78 is 42.3. The van der Waals surface area contributed by atoms with Crippen molar-refractivity contribution in [2.24, 2.45) is 7.05 Å². The Morgan fingerprint density at radius 3 is 2.65 bits per heavy atom. The molecule has 26 heavy (non-hydrogen) atoms. The summed E-state index contributed by atoms with van der Waals surface area (Å²) in [6, 6.07) is 8.73. The highest BCUT2D eigenvalue weighted by Gasteiger charge is 2.24. The number of nitrogens with zero attached hydrogens (tertiary/aromatic N) is 3. The van der Waals surface area contributed by atoms with E-state index in [-0.39, 0.29) is 22.1 Å². The predicted octanol–water partition coefficient (Wildman–Crippen LogP) is 2.50. The highest BCUT2D eigenvalue weighted by Crippen LogP contribution is 2.22. The molecule has 3 aromatic rings. The number of carbonyl (C=O) groups excluding carboxylic acids is 1. The summed E-state index contributed by atoms with van der Waals surface area (Å²) in [7, 11) is -2.55. The third-order valence-electron chi connectivity index (χ3n) is 3.43. The second kappa shape index (κ2) is 6.96. The third kappa shape index (κ3) is 3.51. The van der Waals surface area contributed by atoms with E-state index in [0.29, 0.717) is 4.47 Å². The number of pyridine rings is 1. The first-order chi connectivity index (χ1) is 12.3. The van der Waals surface area contributed by atoms with Crippen molar-refractivity contribution in [1.82, 2.24) is 19.3 Å². The Kier molecular flexibility index (Phi) is 4.88. The maximum Gasteiger partial charge on any atom is 0.285 e. The van der Waals surface area contributed by atoms with Crippen LogP contribution in [0.4, 0.5) is 4.39 Å². The zero-order valence-electron chi connectivity index (χ0n) is 13.3. The van der Waals surface area contributed by atoms with Gasteiger partial charge in [-0.3, -0.25) is 4.79 Å². The molecule has 10 heteroatoms. The fourth-order valence-electron chi connectivity index (χ4n) is 2.24. The van der Waals surface area contributed by atoms with Gasteiger partial charge in [0.1, 0.15) is 16.3 Å². The van der Waals surface area contributed by atoms with E-state index < -0.39 is 21.7 Å². The minimum atomic E-state index is -4.10. The van der Waals surface area contributed by atoms with Crippen LogP contribution in [0.1, 0.15) is 10.5 Å². The van der Waals surface area contributed by atoms with E-state index in [1.165, 1.54) is 41.2 Å². The fraction of sp³-hybridized carbons (Fsp3) is 0.0625. The molecule has 0 unspecified atom stereocenters. The van der Waals surface area contributed by atoms with Crippen molar-refractivity contribution in [3.8, 4) is 11.5 Å². The minimum absolute atomic E-state index is 0.0392. The number of nitrogens with one attached hydrogen (secondary N) is 1. The first-order valence-electron chi connectivity index (χ1n) is 7.25. The van der Waals surface area contributed by atoms with Gasteiger partial charge in [-0.05, 0) is 40.2 Å². The van der Waals surface area contributed by atoms with Crippen molar-refractivity contribution >= 4 is 31.9 Å². The summed E-state index contributed by atoms with van der Waals surface area (Å²) in [6.07, 6.45) is 2.69. The van der Waals surface area contributed by atoms with Gasteiger partial charge in [0.2, 0.25) is 0 Å². The van der Waals surface area contributed by atoms with Gasteiger partial charge in [-0.15, -0.1) is 0 Å². The van der Waals surface area contributed by atoms with Crippen LogP contribution in [0.15, 0.2) is 58.2 Å². The summed E-state index contributed by atoms with van der Waals surface area (Å²) >= 11 is 3.13. The molecule has 1 amide bonds. The maximum atomic E-state index is 13.9. The van der Waals surface area contributed by atoms with Crippen LogP contribution in [0, 0.1) is 5.82 Å². The maximum absolute atomic E-state index is 13.9. The molecule has 0 spiro atoms. The molecule has 0 bridgehead atoms. The Bertz CT molecular complexity index is 1100. The van der Waals surface area contributed by atoms with Crippen molar-refractivity contribution < 1.29 is 17.6 Å². The molecule has 0 aliphatic rings. The van der Waals surface area contributed by atoms with Gasteiger partial charge in [-0.25, -0.2) is 27.5 Å². The van der Waals surface area contributed by atoms with Crippen LogP contribution < -0.4 is 4.72 Å². The van der Waals surface area contributed by atoms with E-state index in [9.17, 15) is 17.6 Å². The van der Waals surface area contributed by atoms with Gasteiger partial charge in [-0.1, -0.05) is 12.1 Å².